The molecule has 1 N–H and O–H groups in total. The monoisotopic (exact) mass is 328 g/mol. The van der Waals surface area contributed by atoms with Crippen LogP contribution >= 0.6 is 27.5 Å². The Labute approximate surface area is 117 Å². The number of rotatable bonds is 3. The van der Waals surface area contributed by atoms with Gasteiger partial charge in [0, 0.05) is 30.1 Å². The molecule has 94 valence electrons. The van der Waals surface area contributed by atoms with Crippen LogP contribution in [0, 0.1) is 0 Å². The van der Waals surface area contributed by atoms with Crippen molar-refractivity contribution in [1.29, 1.82) is 0 Å². The number of halogens is 2. The topological polar surface area (TPSA) is 61.9 Å². The maximum Gasteiger partial charge on any atom is 0.257 e. The van der Waals surface area contributed by atoms with E-state index in [1.54, 1.807) is 31.7 Å². The van der Waals surface area contributed by atoms with Crippen molar-refractivity contribution in [3.63, 3.8) is 0 Å². The maximum atomic E-state index is 12.2. The van der Waals surface area contributed by atoms with Gasteiger partial charge in [0.25, 0.3) is 5.91 Å². The summed E-state index contributed by atoms with van der Waals surface area (Å²) in [6, 6.07) is 1.65. The Morgan fingerprint density at radius 1 is 1.56 bits per heavy atom. The van der Waals surface area contributed by atoms with Gasteiger partial charge in [-0.2, -0.15) is 0 Å². The number of H-pyrrole nitrogens is 1. The summed E-state index contributed by atoms with van der Waals surface area (Å²) in [6.45, 7) is 0.384. The highest BCUT2D eigenvalue weighted by Gasteiger charge is 2.17. The fourth-order valence-electron chi connectivity index (χ4n) is 1.46. The van der Waals surface area contributed by atoms with Gasteiger partial charge in [-0.1, -0.05) is 11.6 Å². The number of carbonyl (C=O) groups is 1. The van der Waals surface area contributed by atoms with Crippen LogP contribution in [0.5, 0.6) is 0 Å². The average molecular weight is 330 g/mol. The number of hydrogen-bond donors (Lipinski definition) is 1. The Balaban J connectivity index is 2.17. The number of aromatic nitrogens is 3. The molecule has 0 aliphatic heterocycles. The maximum absolute atomic E-state index is 12.2. The van der Waals surface area contributed by atoms with E-state index in [-0.39, 0.29) is 11.1 Å². The molecule has 1 amide bonds. The lowest BCUT2D eigenvalue weighted by atomic mass is 10.2. The molecule has 0 saturated carbocycles. The molecule has 0 bridgehead atoms. The highest BCUT2D eigenvalue weighted by Crippen LogP contribution is 2.19. The lowest BCUT2D eigenvalue weighted by molar-refractivity contribution is 0.0781. The van der Waals surface area contributed by atoms with Crippen LogP contribution < -0.4 is 0 Å². The van der Waals surface area contributed by atoms with E-state index in [2.05, 4.69) is 30.9 Å². The van der Waals surface area contributed by atoms with Crippen molar-refractivity contribution >= 4 is 33.4 Å². The molecule has 0 radical (unpaired) electrons. The van der Waals surface area contributed by atoms with Gasteiger partial charge in [-0.25, -0.2) is 9.97 Å². The van der Waals surface area contributed by atoms with Crippen molar-refractivity contribution in [3.05, 3.63) is 45.7 Å². The standard InChI is InChI=1S/C11H10BrClN4O/c1-17(6-9-14-2-3-15-9)11(18)8-4-7(12)5-16-10(8)13/h2-5H,6H2,1H3,(H,14,15). The molecule has 0 aliphatic rings. The van der Waals surface area contributed by atoms with E-state index in [0.717, 1.165) is 0 Å². The third-order valence-electron chi connectivity index (χ3n) is 2.32. The van der Waals surface area contributed by atoms with Crippen LogP contribution in [0.25, 0.3) is 0 Å². The normalized spacial score (nSPS) is 10.4. The Morgan fingerprint density at radius 3 is 3.00 bits per heavy atom. The minimum Gasteiger partial charge on any atom is -0.347 e. The van der Waals surface area contributed by atoms with Gasteiger partial charge in [0.05, 0.1) is 12.1 Å². The molecule has 0 fully saturated rings. The quantitative estimate of drug-likeness (QED) is 0.880. The average Bonchev–Trinajstić information content (AvgIpc) is 2.84. The first-order valence-corrected chi connectivity index (χ1v) is 6.30. The molecule has 2 rings (SSSR count). The van der Waals surface area contributed by atoms with E-state index >= 15 is 0 Å². The summed E-state index contributed by atoms with van der Waals surface area (Å²) >= 11 is 9.18. The van der Waals surface area contributed by atoms with Gasteiger partial charge in [0.2, 0.25) is 0 Å². The Hall–Kier alpha value is -1.40. The minimum absolute atomic E-state index is 0.189. The largest absolute Gasteiger partial charge is 0.347 e. The van der Waals surface area contributed by atoms with Gasteiger partial charge in [-0.3, -0.25) is 4.79 Å². The van der Waals surface area contributed by atoms with E-state index < -0.39 is 0 Å². The molecule has 0 aromatic carbocycles. The number of hydrogen-bond acceptors (Lipinski definition) is 3. The van der Waals surface area contributed by atoms with Crippen LogP contribution in [0.15, 0.2) is 29.1 Å². The number of pyridine rings is 1. The van der Waals surface area contributed by atoms with E-state index in [4.69, 9.17) is 11.6 Å². The van der Waals surface area contributed by atoms with Gasteiger partial charge in [-0.15, -0.1) is 0 Å². The van der Waals surface area contributed by atoms with Gasteiger partial charge < -0.3 is 9.88 Å². The molecule has 0 spiro atoms. The van der Waals surface area contributed by atoms with E-state index in [1.807, 2.05) is 0 Å². The van der Waals surface area contributed by atoms with Gasteiger partial charge in [0.15, 0.2) is 0 Å². The Bertz CT molecular complexity index is 558. The molecule has 2 aromatic rings. The summed E-state index contributed by atoms with van der Waals surface area (Å²) in [5.74, 6) is 0.509. The first-order valence-electron chi connectivity index (χ1n) is 5.12. The van der Waals surface area contributed by atoms with Gasteiger partial charge in [0.1, 0.15) is 11.0 Å². The summed E-state index contributed by atoms with van der Waals surface area (Å²) in [4.78, 5) is 24.6. The first-order chi connectivity index (χ1) is 8.58. The number of aromatic amines is 1. The van der Waals surface area contributed by atoms with Crippen molar-refractivity contribution in [3.8, 4) is 0 Å². The molecule has 7 heteroatoms. The SMILES string of the molecule is CN(Cc1ncc[nH]1)C(=O)c1cc(Br)cnc1Cl. The molecule has 0 saturated heterocycles. The van der Waals surface area contributed by atoms with Crippen molar-refractivity contribution in [1.82, 2.24) is 19.9 Å². The smallest absolute Gasteiger partial charge is 0.257 e. The zero-order chi connectivity index (χ0) is 13.1. The molecule has 2 heterocycles. The predicted molar refractivity (Wildman–Crippen MR) is 71.3 cm³/mol. The molecule has 0 atom stereocenters. The zero-order valence-corrected chi connectivity index (χ0v) is 11.9. The van der Waals surface area contributed by atoms with Crippen LogP contribution in [-0.4, -0.2) is 32.8 Å². The van der Waals surface area contributed by atoms with E-state index in [9.17, 15) is 4.79 Å². The third-order valence-corrected chi connectivity index (χ3v) is 3.06. The number of amides is 1. The number of nitrogens with zero attached hydrogens (tertiary/aromatic N) is 3. The molecule has 5 nitrogen and oxygen atoms in total. The molecular weight excluding hydrogens is 320 g/mol. The highest BCUT2D eigenvalue weighted by molar-refractivity contribution is 9.10. The summed E-state index contributed by atoms with van der Waals surface area (Å²) < 4.78 is 0.710. The number of carbonyl (C=O) groups excluding carboxylic acids is 1. The second-order valence-electron chi connectivity index (χ2n) is 3.69. The second kappa shape index (κ2) is 5.49. The van der Waals surface area contributed by atoms with Crippen molar-refractivity contribution < 1.29 is 4.79 Å². The van der Waals surface area contributed by atoms with E-state index in [0.29, 0.717) is 22.4 Å². The van der Waals surface area contributed by atoms with Crippen molar-refractivity contribution in [2.45, 2.75) is 6.54 Å². The van der Waals surface area contributed by atoms with Crippen LogP contribution in [0.1, 0.15) is 16.2 Å². The molecule has 2 aromatic heterocycles. The number of nitrogens with one attached hydrogen (secondary N) is 1. The molecular formula is C11H10BrClN4O. The molecule has 0 unspecified atom stereocenters. The second-order valence-corrected chi connectivity index (χ2v) is 4.96. The molecule has 18 heavy (non-hydrogen) atoms. The van der Waals surface area contributed by atoms with Gasteiger partial charge >= 0.3 is 0 Å². The highest BCUT2D eigenvalue weighted by atomic mass is 79.9. The summed E-state index contributed by atoms with van der Waals surface area (Å²) in [7, 11) is 1.68. The summed E-state index contributed by atoms with van der Waals surface area (Å²) in [5, 5.41) is 0.189. The van der Waals surface area contributed by atoms with Crippen LogP contribution in [0.4, 0.5) is 0 Å². The van der Waals surface area contributed by atoms with Crippen LogP contribution in [0.3, 0.4) is 0 Å². The van der Waals surface area contributed by atoms with E-state index in [1.165, 1.54) is 4.90 Å². The van der Waals surface area contributed by atoms with Crippen LogP contribution in [0.2, 0.25) is 5.15 Å². The van der Waals surface area contributed by atoms with Crippen LogP contribution in [-0.2, 0) is 6.54 Å². The fourth-order valence-corrected chi connectivity index (χ4v) is 1.97. The first kappa shape index (κ1) is 13.0. The van der Waals surface area contributed by atoms with Crippen molar-refractivity contribution in [2.24, 2.45) is 0 Å². The number of imidazole rings is 1. The summed E-state index contributed by atoms with van der Waals surface area (Å²) in [5.41, 5.74) is 0.361. The van der Waals surface area contributed by atoms with Gasteiger partial charge in [-0.05, 0) is 22.0 Å². The third kappa shape index (κ3) is 2.88. The Morgan fingerprint density at radius 2 is 2.33 bits per heavy atom. The van der Waals surface area contributed by atoms with Crippen molar-refractivity contribution in [2.75, 3.05) is 7.05 Å². The lowest BCUT2D eigenvalue weighted by Crippen LogP contribution is -2.27. The minimum atomic E-state index is -0.204. The molecule has 0 aliphatic carbocycles. The zero-order valence-electron chi connectivity index (χ0n) is 9.52. The lowest BCUT2D eigenvalue weighted by Gasteiger charge is -2.16. The summed E-state index contributed by atoms with van der Waals surface area (Å²) in [6.07, 6.45) is 4.90. The fraction of sp³-hybridized carbons (Fsp3) is 0.182. The Kier molecular flexibility index (Phi) is 3.98. The predicted octanol–water partition coefficient (Wildman–Crippen LogP) is 2.49.